The predicted octanol–water partition coefficient (Wildman–Crippen LogP) is 4.81. The van der Waals surface area contributed by atoms with Crippen LogP contribution in [0.5, 0.6) is 0 Å². The van der Waals surface area contributed by atoms with Crippen LogP contribution in [0.1, 0.15) is 49.9 Å². The summed E-state index contributed by atoms with van der Waals surface area (Å²) < 4.78 is 15.2. The first-order valence-corrected chi connectivity index (χ1v) is 11.3. The van der Waals surface area contributed by atoms with Gasteiger partial charge in [-0.25, -0.2) is 9.37 Å². The number of rotatable bonds is 6. The third-order valence-electron chi connectivity index (χ3n) is 6.36. The molecular formula is C24H32ClFN4O2. The lowest BCUT2D eigenvalue weighted by Gasteiger charge is -2.35. The minimum atomic E-state index is -0.711. The van der Waals surface area contributed by atoms with Crippen molar-refractivity contribution in [2.75, 3.05) is 31.7 Å². The van der Waals surface area contributed by atoms with Crippen molar-refractivity contribution in [3.63, 3.8) is 0 Å². The fraction of sp³-hybridized carbons (Fsp3) is 0.500. The molecule has 0 saturated heterocycles. The Bertz CT molecular complexity index is 983. The molecule has 0 spiro atoms. The van der Waals surface area contributed by atoms with Gasteiger partial charge in [0.05, 0.1) is 16.2 Å². The molecule has 1 heterocycles. The number of nitrogen functional groups attached to an aromatic ring is 1. The number of hydrogen-bond donors (Lipinski definition) is 3. The highest BCUT2D eigenvalue weighted by Crippen LogP contribution is 2.36. The van der Waals surface area contributed by atoms with Gasteiger partial charge in [0.15, 0.2) is 0 Å². The standard InChI is InChI=1S/C24H32ClFN4O2/c1-24(2,32)15-7-5-14(6-8-15)12-28-20-11-18(25)17(13-29-20)16-9-10-19(27)21(22(16)26)23(31)30(3)4/h9-11,13-15,32H,5-8,12,27H2,1-4H3,(H,28,29). The first-order valence-electron chi connectivity index (χ1n) is 10.9. The fourth-order valence-corrected chi connectivity index (χ4v) is 4.54. The normalized spacial score (nSPS) is 19.0. The van der Waals surface area contributed by atoms with Gasteiger partial charge in [0.2, 0.25) is 0 Å². The molecule has 0 unspecified atom stereocenters. The third-order valence-corrected chi connectivity index (χ3v) is 6.67. The number of aliphatic hydroxyl groups is 1. The lowest BCUT2D eigenvalue weighted by atomic mass is 9.75. The van der Waals surface area contributed by atoms with E-state index in [1.54, 1.807) is 20.2 Å². The van der Waals surface area contributed by atoms with E-state index < -0.39 is 17.3 Å². The van der Waals surface area contributed by atoms with Crippen LogP contribution >= 0.6 is 11.6 Å². The number of nitrogens with two attached hydrogens (primary N) is 1. The zero-order chi connectivity index (χ0) is 23.6. The molecule has 1 amide bonds. The van der Waals surface area contributed by atoms with E-state index in [4.69, 9.17) is 17.3 Å². The number of amides is 1. The second kappa shape index (κ2) is 9.63. The lowest BCUT2D eigenvalue weighted by Crippen LogP contribution is -2.35. The molecule has 4 N–H and O–H groups in total. The van der Waals surface area contributed by atoms with Gasteiger partial charge in [-0.05, 0) is 69.6 Å². The van der Waals surface area contributed by atoms with Gasteiger partial charge >= 0.3 is 0 Å². The van der Waals surface area contributed by atoms with Gasteiger partial charge in [0.1, 0.15) is 11.6 Å². The van der Waals surface area contributed by atoms with Crippen LogP contribution in [-0.2, 0) is 0 Å². The van der Waals surface area contributed by atoms with Crippen LogP contribution in [0.3, 0.4) is 0 Å². The van der Waals surface area contributed by atoms with Crippen LogP contribution in [-0.4, -0.2) is 47.1 Å². The van der Waals surface area contributed by atoms with Gasteiger partial charge in [-0.1, -0.05) is 11.6 Å². The average molecular weight is 463 g/mol. The van der Waals surface area contributed by atoms with Crippen molar-refractivity contribution in [1.29, 1.82) is 0 Å². The zero-order valence-corrected chi connectivity index (χ0v) is 19.8. The second-order valence-corrected chi connectivity index (χ2v) is 9.80. The summed E-state index contributed by atoms with van der Waals surface area (Å²) >= 11 is 6.46. The minimum absolute atomic E-state index is 0.0756. The molecule has 1 saturated carbocycles. The molecular weight excluding hydrogens is 431 g/mol. The van der Waals surface area contributed by atoms with E-state index in [1.807, 2.05) is 13.8 Å². The molecule has 8 heteroatoms. The van der Waals surface area contributed by atoms with E-state index in [0.717, 1.165) is 32.2 Å². The van der Waals surface area contributed by atoms with Crippen LogP contribution in [0.4, 0.5) is 15.9 Å². The Balaban J connectivity index is 1.71. The molecule has 32 heavy (non-hydrogen) atoms. The molecule has 0 bridgehead atoms. The highest BCUT2D eigenvalue weighted by Gasteiger charge is 2.31. The van der Waals surface area contributed by atoms with Gasteiger partial charge in [0.25, 0.3) is 5.91 Å². The number of nitrogens with one attached hydrogen (secondary N) is 1. The molecule has 1 fully saturated rings. The van der Waals surface area contributed by atoms with Crippen LogP contribution < -0.4 is 11.1 Å². The maximum Gasteiger partial charge on any atom is 0.258 e. The first-order chi connectivity index (χ1) is 15.0. The largest absolute Gasteiger partial charge is 0.398 e. The van der Waals surface area contributed by atoms with Gasteiger partial charge in [-0.2, -0.15) is 0 Å². The highest BCUT2D eigenvalue weighted by atomic mass is 35.5. The van der Waals surface area contributed by atoms with Gasteiger partial charge < -0.3 is 21.1 Å². The SMILES string of the molecule is CN(C)C(=O)c1c(N)ccc(-c2cnc(NCC3CCC(C(C)(C)O)CC3)cc2Cl)c1F. The predicted molar refractivity (Wildman–Crippen MR) is 127 cm³/mol. The first kappa shape index (κ1) is 24.3. The second-order valence-electron chi connectivity index (χ2n) is 9.39. The van der Waals surface area contributed by atoms with E-state index in [2.05, 4.69) is 10.3 Å². The zero-order valence-electron chi connectivity index (χ0n) is 19.1. The molecule has 3 rings (SSSR count). The van der Waals surface area contributed by atoms with Crippen molar-refractivity contribution >= 4 is 29.0 Å². The number of aromatic nitrogens is 1. The summed E-state index contributed by atoms with van der Waals surface area (Å²) in [6.07, 6.45) is 5.62. The average Bonchev–Trinajstić information content (AvgIpc) is 2.72. The van der Waals surface area contributed by atoms with Crippen molar-refractivity contribution in [2.24, 2.45) is 11.8 Å². The van der Waals surface area contributed by atoms with Crippen LogP contribution in [0.25, 0.3) is 11.1 Å². The monoisotopic (exact) mass is 462 g/mol. The molecule has 0 aliphatic heterocycles. The summed E-state index contributed by atoms with van der Waals surface area (Å²) in [7, 11) is 3.08. The van der Waals surface area contributed by atoms with Crippen LogP contribution in [0.2, 0.25) is 5.02 Å². The molecule has 0 radical (unpaired) electrons. The summed E-state index contributed by atoms with van der Waals surface area (Å²) in [4.78, 5) is 18.0. The number of carbonyl (C=O) groups is 1. The van der Waals surface area contributed by atoms with Gasteiger partial charge in [-0.15, -0.1) is 0 Å². The number of hydrogen-bond acceptors (Lipinski definition) is 5. The van der Waals surface area contributed by atoms with E-state index in [1.165, 1.54) is 23.2 Å². The lowest BCUT2D eigenvalue weighted by molar-refractivity contribution is -0.00502. The molecule has 6 nitrogen and oxygen atoms in total. The van der Waals surface area contributed by atoms with Crippen LogP contribution in [0, 0.1) is 17.7 Å². The number of carbonyl (C=O) groups excluding carboxylic acids is 1. The minimum Gasteiger partial charge on any atom is -0.398 e. The van der Waals surface area contributed by atoms with Crippen molar-refractivity contribution in [3.05, 3.63) is 40.8 Å². The van der Waals surface area contributed by atoms with E-state index >= 15 is 4.39 Å². The molecule has 0 atom stereocenters. The van der Waals surface area contributed by atoms with Gasteiger partial charge in [-0.3, -0.25) is 4.79 Å². The number of anilines is 2. The molecule has 1 aliphatic rings. The van der Waals surface area contributed by atoms with Crippen molar-refractivity contribution < 1.29 is 14.3 Å². The Morgan fingerprint density at radius 1 is 1.28 bits per heavy atom. The molecule has 1 aromatic heterocycles. The smallest absolute Gasteiger partial charge is 0.258 e. The summed E-state index contributed by atoms with van der Waals surface area (Å²) in [6, 6.07) is 4.68. The van der Waals surface area contributed by atoms with Crippen molar-refractivity contribution in [2.45, 2.75) is 45.1 Å². The van der Waals surface area contributed by atoms with Crippen molar-refractivity contribution in [1.82, 2.24) is 9.88 Å². The Kier molecular flexibility index (Phi) is 7.30. The van der Waals surface area contributed by atoms with Crippen molar-refractivity contribution in [3.8, 4) is 11.1 Å². The molecule has 2 aromatic rings. The maximum absolute atomic E-state index is 15.2. The summed E-state index contributed by atoms with van der Waals surface area (Å²) in [6.45, 7) is 4.53. The van der Waals surface area contributed by atoms with E-state index in [0.29, 0.717) is 28.2 Å². The third kappa shape index (κ3) is 5.33. The summed E-state index contributed by atoms with van der Waals surface area (Å²) in [5.74, 6) is 0.233. The Hall–Kier alpha value is -2.38. The van der Waals surface area contributed by atoms with Crippen LogP contribution in [0.15, 0.2) is 24.4 Å². The highest BCUT2D eigenvalue weighted by molar-refractivity contribution is 6.33. The molecule has 1 aromatic carbocycles. The summed E-state index contributed by atoms with van der Waals surface area (Å²) in [5, 5.41) is 13.9. The maximum atomic E-state index is 15.2. The number of nitrogens with zero attached hydrogens (tertiary/aromatic N) is 2. The number of pyridine rings is 1. The van der Waals surface area contributed by atoms with Gasteiger partial charge in [0, 0.05) is 43.7 Å². The van der Waals surface area contributed by atoms with E-state index in [9.17, 15) is 9.90 Å². The molecule has 1 aliphatic carbocycles. The number of halogens is 2. The number of benzene rings is 1. The summed E-state index contributed by atoms with van der Waals surface area (Å²) in [5.41, 5.74) is 5.70. The Morgan fingerprint density at radius 3 is 2.50 bits per heavy atom. The fourth-order valence-electron chi connectivity index (χ4n) is 4.29. The van der Waals surface area contributed by atoms with E-state index in [-0.39, 0.29) is 16.8 Å². The quantitative estimate of drug-likeness (QED) is 0.535. The Morgan fingerprint density at radius 2 is 1.94 bits per heavy atom. The topological polar surface area (TPSA) is 91.5 Å². The molecule has 174 valence electrons. The Labute approximate surface area is 194 Å².